The Hall–Kier alpha value is -1.39. The van der Waals surface area contributed by atoms with Crippen LogP contribution in [0.5, 0.6) is 0 Å². The van der Waals surface area contributed by atoms with Crippen LogP contribution >= 0.6 is 0 Å². The van der Waals surface area contributed by atoms with E-state index in [-0.39, 0.29) is 0 Å². The maximum Gasteiger partial charge on any atom is 0.336 e. The third-order valence-corrected chi connectivity index (χ3v) is 4.35. The Morgan fingerprint density at radius 2 is 2.16 bits per heavy atom. The lowest BCUT2D eigenvalue weighted by Crippen LogP contribution is -2.43. The Morgan fingerprint density at radius 3 is 3.00 bits per heavy atom. The largest absolute Gasteiger partial charge is 0.478 e. The summed E-state index contributed by atoms with van der Waals surface area (Å²) in [4.78, 5) is 13.7. The first kappa shape index (κ1) is 12.6. The number of nitrogens with zero attached hydrogens (tertiary/aromatic N) is 1. The summed E-state index contributed by atoms with van der Waals surface area (Å²) in [5, 5.41) is 12.8. The second-order valence-corrected chi connectivity index (χ2v) is 5.65. The number of benzene rings is 1. The van der Waals surface area contributed by atoms with Crippen LogP contribution in [0.25, 0.3) is 0 Å². The highest BCUT2D eigenvalue weighted by Gasteiger charge is 2.31. The van der Waals surface area contributed by atoms with Crippen LogP contribution < -0.4 is 5.32 Å². The molecular formula is C15H20N2O2. The van der Waals surface area contributed by atoms with Crippen molar-refractivity contribution in [2.45, 2.75) is 25.4 Å². The van der Waals surface area contributed by atoms with Gasteiger partial charge >= 0.3 is 5.97 Å². The lowest BCUT2D eigenvalue weighted by atomic mass is 9.94. The number of rotatable bonds is 3. The first-order valence-electron chi connectivity index (χ1n) is 7.00. The predicted molar refractivity (Wildman–Crippen MR) is 73.2 cm³/mol. The molecule has 4 heteroatoms. The van der Waals surface area contributed by atoms with E-state index < -0.39 is 5.97 Å². The highest BCUT2D eigenvalue weighted by atomic mass is 16.4. The van der Waals surface area contributed by atoms with E-state index in [4.69, 9.17) is 0 Å². The first-order chi connectivity index (χ1) is 9.24. The summed E-state index contributed by atoms with van der Waals surface area (Å²) in [6.07, 6.45) is 2.53. The van der Waals surface area contributed by atoms with Crippen molar-refractivity contribution in [2.24, 2.45) is 5.92 Å². The van der Waals surface area contributed by atoms with E-state index in [0.717, 1.165) is 37.7 Å². The minimum Gasteiger partial charge on any atom is -0.478 e. The van der Waals surface area contributed by atoms with Crippen LogP contribution in [0.1, 0.15) is 28.8 Å². The normalized spacial score (nSPS) is 27.2. The van der Waals surface area contributed by atoms with Crippen LogP contribution in [0.15, 0.2) is 24.3 Å². The van der Waals surface area contributed by atoms with Crippen molar-refractivity contribution in [2.75, 3.05) is 19.6 Å². The van der Waals surface area contributed by atoms with Crippen LogP contribution in [0.4, 0.5) is 0 Å². The molecule has 1 aromatic carbocycles. The summed E-state index contributed by atoms with van der Waals surface area (Å²) in [6, 6.07) is 7.92. The van der Waals surface area contributed by atoms with Crippen molar-refractivity contribution in [3.63, 3.8) is 0 Å². The fourth-order valence-corrected chi connectivity index (χ4v) is 3.31. The highest BCUT2D eigenvalue weighted by Crippen LogP contribution is 2.26. The third-order valence-electron chi connectivity index (χ3n) is 4.35. The molecule has 3 saturated heterocycles. The molecule has 0 radical (unpaired) electrons. The van der Waals surface area contributed by atoms with Gasteiger partial charge in [-0.1, -0.05) is 18.2 Å². The van der Waals surface area contributed by atoms with Gasteiger partial charge in [0.25, 0.3) is 0 Å². The molecule has 0 saturated carbocycles. The quantitative estimate of drug-likeness (QED) is 0.866. The molecule has 3 fully saturated rings. The predicted octanol–water partition coefficient (Wildman–Crippen LogP) is 1.57. The van der Waals surface area contributed by atoms with E-state index in [1.807, 2.05) is 12.1 Å². The van der Waals surface area contributed by atoms with Gasteiger partial charge in [-0.25, -0.2) is 4.79 Å². The Kier molecular flexibility index (Phi) is 3.53. The number of nitrogens with one attached hydrogen (secondary N) is 1. The summed E-state index contributed by atoms with van der Waals surface area (Å²) in [6.45, 7) is 3.98. The molecule has 0 amide bonds. The number of piperidine rings is 1. The zero-order valence-corrected chi connectivity index (χ0v) is 11.0. The summed E-state index contributed by atoms with van der Waals surface area (Å²) in [7, 11) is 0. The van der Waals surface area contributed by atoms with Gasteiger partial charge in [0.15, 0.2) is 0 Å². The van der Waals surface area contributed by atoms with Gasteiger partial charge in [-0.15, -0.1) is 0 Å². The van der Waals surface area contributed by atoms with Crippen molar-refractivity contribution >= 4 is 5.97 Å². The molecule has 4 nitrogen and oxygen atoms in total. The Morgan fingerprint density at radius 1 is 1.32 bits per heavy atom. The van der Waals surface area contributed by atoms with E-state index in [9.17, 15) is 9.90 Å². The molecule has 102 valence electrons. The molecule has 2 N–H and O–H groups in total. The van der Waals surface area contributed by atoms with Gasteiger partial charge in [-0.3, -0.25) is 4.90 Å². The minimum atomic E-state index is -0.825. The van der Waals surface area contributed by atoms with Crippen molar-refractivity contribution < 1.29 is 9.90 Å². The summed E-state index contributed by atoms with van der Waals surface area (Å²) in [5.74, 6) is -0.107. The molecule has 1 aromatic rings. The Bertz CT molecular complexity index is 471. The van der Waals surface area contributed by atoms with Crippen molar-refractivity contribution in [1.82, 2.24) is 10.2 Å². The lowest BCUT2D eigenvalue weighted by molar-refractivity contribution is 0.0691. The fraction of sp³-hybridized carbons (Fsp3) is 0.533. The second-order valence-electron chi connectivity index (χ2n) is 5.65. The Labute approximate surface area is 113 Å². The van der Waals surface area contributed by atoms with Gasteiger partial charge in [0.2, 0.25) is 0 Å². The molecule has 0 unspecified atom stereocenters. The average Bonchev–Trinajstić information content (AvgIpc) is 2.74. The van der Waals surface area contributed by atoms with Gasteiger partial charge in [0.05, 0.1) is 5.56 Å². The molecule has 2 atom stereocenters. The van der Waals surface area contributed by atoms with Gasteiger partial charge in [-0.05, 0) is 36.9 Å². The van der Waals surface area contributed by atoms with Crippen LogP contribution in [-0.2, 0) is 6.54 Å². The maximum absolute atomic E-state index is 11.3. The van der Waals surface area contributed by atoms with Gasteiger partial charge < -0.3 is 10.4 Å². The Balaban J connectivity index is 1.80. The van der Waals surface area contributed by atoms with E-state index >= 15 is 0 Å². The standard InChI is InChI=1S/C15H20N2O2/c18-15(19)14-4-2-1-3-12(14)10-17-9-11-5-6-13(17)8-16-7-11/h1-4,11,13,16H,5-10H2,(H,18,19)/t11-,13+/m0/s1. The van der Waals surface area contributed by atoms with Crippen molar-refractivity contribution in [3.05, 3.63) is 35.4 Å². The number of aromatic carboxylic acids is 1. The van der Waals surface area contributed by atoms with Crippen LogP contribution in [0.2, 0.25) is 0 Å². The smallest absolute Gasteiger partial charge is 0.336 e. The number of fused-ring (bicyclic) bond motifs is 4. The number of carbonyl (C=O) groups is 1. The molecule has 3 heterocycles. The van der Waals surface area contributed by atoms with Gasteiger partial charge in [0, 0.05) is 25.7 Å². The minimum absolute atomic E-state index is 0.440. The summed E-state index contributed by atoms with van der Waals surface area (Å²) < 4.78 is 0. The van der Waals surface area contributed by atoms with Crippen LogP contribution in [-0.4, -0.2) is 41.7 Å². The van der Waals surface area contributed by atoms with Crippen LogP contribution in [0.3, 0.4) is 0 Å². The molecule has 19 heavy (non-hydrogen) atoms. The SMILES string of the molecule is O=C(O)c1ccccc1CN1C[C@H]2CC[C@@H]1CNC2. The molecule has 3 aliphatic heterocycles. The molecule has 0 aliphatic carbocycles. The van der Waals surface area contributed by atoms with E-state index in [2.05, 4.69) is 10.2 Å². The third kappa shape index (κ3) is 2.65. The first-order valence-corrected chi connectivity index (χ1v) is 7.00. The van der Waals surface area contributed by atoms with Crippen LogP contribution in [0, 0.1) is 5.92 Å². The van der Waals surface area contributed by atoms with Gasteiger partial charge in [0.1, 0.15) is 0 Å². The van der Waals surface area contributed by atoms with E-state index in [0.29, 0.717) is 11.6 Å². The maximum atomic E-state index is 11.3. The highest BCUT2D eigenvalue weighted by molar-refractivity contribution is 5.89. The zero-order valence-electron chi connectivity index (χ0n) is 11.0. The number of hydrogen-bond donors (Lipinski definition) is 2. The van der Waals surface area contributed by atoms with E-state index in [1.54, 1.807) is 12.1 Å². The second kappa shape index (κ2) is 5.31. The molecule has 4 rings (SSSR count). The number of hydrogen-bond acceptors (Lipinski definition) is 3. The number of carboxylic acids is 1. The number of carboxylic acid groups (broad SMARTS) is 1. The van der Waals surface area contributed by atoms with Crippen molar-refractivity contribution in [1.29, 1.82) is 0 Å². The fourth-order valence-electron chi connectivity index (χ4n) is 3.31. The van der Waals surface area contributed by atoms with Crippen molar-refractivity contribution in [3.8, 4) is 0 Å². The molecule has 0 spiro atoms. The molecular weight excluding hydrogens is 240 g/mol. The molecule has 2 bridgehead atoms. The topological polar surface area (TPSA) is 52.6 Å². The van der Waals surface area contributed by atoms with E-state index in [1.165, 1.54) is 12.8 Å². The summed E-state index contributed by atoms with van der Waals surface area (Å²) >= 11 is 0. The molecule has 0 aromatic heterocycles. The average molecular weight is 260 g/mol. The zero-order chi connectivity index (χ0) is 13.2. The lowest BCUT2D eigenvalue weighted by Gasteiger charge is -2.36. The molecule has 3 aliphatic rings. The monoisotopic (exact) mass is 260 g/mol. The summed E-state index contributed by atoms with van der Waals surface area (Å²) in [5.41, 5.74) is 1.37. The van der Waals surface area contributed by atoms with Gasteiger partial charge in [-0.2, -0.15) is 0 Å².